The molecule has 15 heavy (non-hydrogen) atoms. The molecule has 0 aliphatic carbocycles. The average molecular weight is 228 g/mol. The summed E-state index contributed by atoms with van der Waals surface area (Å²) >= 11 is 1.72. The van der Waals surface area contributed by atoms with Crippen molar-refractivity contribution in [3.05, 3.63) is 22.4 Å². The number of hydrogen-bond acceptors (Lipinski definition) is 4. The zero-order valence-electron chi connectivity index (χ0n) is 9.15. The average Bonchev–Trinajstić information content (AvgIpc) is 2.77. The third-order valence-corrected chi connectivity index (χ3v) is 3.52. The molecule has 0 spiro atoms. The summed E-state index contributed by atoms with van der Waals surface area (Å²) in [6.45, 7) is 2.95. The summed E-state index contributed by atoms with van der Waals surface area (Å²) in [4.78, 5) is 1.27. The van der Waals surface area contributed by atoms with Crippen molar-refractivity contribution < 1.29 is 5.11 Å². The van der Waals surface area contributed by atoms with Crippen molar-refractivity contribution in [2.75, 3.05) is 13.2 Å². The van der Waals surface area contributed by atoms with Crippen molar-refractivity contribution in [3.8, 4) is 0 Å². The maximum atomic E-state index is 8.92. The molecule has 0 bridgehead atoms. The Morgan fingerprint density at radius 1 is 1.60 bits per heavy atom. The van der Waals surface area contributed by atoms with E-state index in [-0.39, 0.29) is 12.6 Å². The minimum atomic E-state index is 0.224. The van der Waals surface area contributed by atoms with E-state index < -0.39 is 0 Å². The van der Waals surface area contributed by atoms with Crippen molar-refractivity contribution in [2.24, 2.45) is 5.73 Å². The van der Waals surface area contributed by atoms with Crippen LogP contribution in [0.25, 0.3) is 0 Å². The zero-order valence-corrected chi connectivity index (χ0v) is 9.96. The fourth-order valence-electron chi connectivity index (χ4n) is 1.60. The SMILES string of the molecule is CCC(CCO)NC(CN)c1cccs1. The molecule has 4 N–H and O–H groups in total. The van der Waals surface area contributed by atoms with Crippen LogP contribution in [0.1, 0.15) is 30.7 Å². The van der Waals surface area contributed by atoms with Crippen LogP contribution in [0.4, 0.5) is 0 Å². The molecule has 0 aromatic carbocycles. The Balaban J connectivity index is 2.52. The Bertz CT molecular complexity index is 251. The molecule has 0 radical (unpaired) electrons. The van der Waals surface area contributed by atoms with E-state index in [9.17, 15) is 0 Å². The van der Waals surface area contributed by atoms with E-state index in [4.69, 9.17) is 10.8 Å². The van der Waals surface area contributed by atoms with E-state index in [0.717, 1.165) is 12.8 Å². The molecule has 0 saturated carbocycles. The maximum absolute atomic E-state index is 8.92. The number of aliphatic hydroxyl groups excluding tert-OH is 1. The fourth-order valence-corrected chi connectivity index (χ4v) is 2.40. The Morgan fingerprint density at radius 2 is 2.40 bits per heavy atom. The van der Waals surface area contributed by atoms with Gasteiger partial charge >= 0.3 is 0 Å². The van der Waals surface area contributed by atoms with Crippen molar-refractivity contribution in [1.82, 2.24) is 5.32 Å². The lowest BCUT2D eigenvalue weighted by Gasteiger charge is -2.22. The van der Waals surface area contributed by atoms with Gasteiger partial charge in [-0.3, -0.25) is 0 Å². The molecule has 1 rings (SSSR count). The van der Waals surface area contributed by atoms with Gasteiger partial charge in [0, 0.05) is 24.1 Å². The van der Waals surface area contributed by atoms with Crippen molar-refractivity contribution >= 4 is 11.3 Å². The van der Waals surface area contributed by atoms with Gasteiger partial charge in [0.05, 0.1) is 6.04 Å². The number of nitrogens with two attached hydrogens (primary N) is 1. The van der Waals surface area contributed by atoms with Gasteiger partial charge in [-0.25, -0.2) is 0 Å². The van der Waals surface area contributed by atoms with Gasteiger partial charge in [0.15, 0.2) is 0 Å². The van der Waals surface area contributed by atoms with E-state index in [1.54, 1.807) is 11.3 Å². The molecule has 0 fully saturated rings. The summed E-state index contributed by atoms with van der Waals surface area (Å²) in [7, 11) is 0. The smallest absolute Gasteiger partial charge is 0.0541 e. The van der Waals surface area contributed by atoms with E-state index >= 15 is 0 Å². The van der Waals surface area contributed by atoms with Crippen LogP contribution in [0, 0.1) is 0 Å². The molecule has 3 nitrogen and oxygen atoms in total. The van der Waals surface area contributed by atoms with Crippen LogP contribution in [0.3, 0.4) is 0 Å². The highest BCUT2D eigenvalue weighted by Crippen LogP contribution is 2.19. The first kappa shape index (κ1) is 12.6. The first-order valence-corrected chi connectivity index (χ1v) is 6.30. The highest BCUT2D eigenvalue weighted by Gasteiger charge is 2.14. The molecule has 0 aliphatic heterocycles. The third-order valence-electron chi connectivity index (χ3n) is 2.53. The Labute approximate surface area is 95.3 Å². The van der Waals surface area contributed by atoms with Crippen LogP contribution in [-0.4, -0.2) is 24.3 Å². The first-order chi connectivity index (χ1) is 7.31. The highest BCUT2D eigenvalue weighted by atomic mass is 32.1. The summed E-state index contributed by atoms with van der Waals surface area (Å²) in [5.41, 5.74) is 5.74. The second kappa shape index (κ2) is 6.95. The lowest BCUT2D eigenvalue weighted by Crippen LogP contribution is -2.36. The fraction of sp³-hybridized carbons (Fsp3) is 0.636. The number of nitrogens with one attached hydrogen (secondary N) is 1. The molecular formula is C11H20N2OS. The topological polar surface area (TPSA) is 58.3 Å². The Kier molecular flexibility index (Phi) is 5.86. The van der Waals surface area contributed by atoms with Crippen LogP contribution in [-0.2, 0) is 0 Å². The number of thiophene rings is 1. The molecule has 0 saturated heterocycles. The maximum Gasteiger partial charge on any atom is 0.0541 e. The monoisotopic (exact) mass is 228 g/mol. The summed E-state index contributed by atoms with van der Waals surface area (Å²) in [5.74, 6) is 0. The van der Waals surface area contributed by atoms with Crippen molar-refractivity contribution in [1.29, 1.82) is 0 Å². The van der Waals surface area contributed by atoms with Gasteiger partial charge in [-0.15, -0.1) is 11.3 Å². The molecule has 1 aromatic heterocycles. The molecule has 2 unspecified atom stereocenters. The summed E-state index contributed by atoms with van der Waals surface area (Å²) in [5, 5.41) is 14.5. The van der Waals surface area contributed by atoms with Crippen molar-refractivity contribution in [3.63, 3.8) is 0 Å². The van der Waals surface area contributed by atoms with Gasteiger partial charge in [-0.2, -0.15) is 0 Å². The van der Waals surface area contributed by atoms with Crippen LogP contribution in [0.15, 0.2) is 17.5 Å². The number of aliphatic hydroxyl groups is 1. The van der Waals surface area contributed by atoms with Crippen LogP contribution >= 0.6 is 11.3 Å². The van der Waals surface area contributed by atoms with Crippen molar-refractivity contribution in [2.45, 2.75) is 31.8 Å². The van der Waals surface area contributed by atoms with E-state index in [1.165, 1.54) is 4.88 Å². The molecule has 0 aliphatic rings. The minimum absolute atomic E-state index is 0.224. The predicted octanol–water partition coefficient (Wildman–Crippen LogP) is 1.50. The Morgan fingerprint density at radius 3 is 2.87 bits per heavy atom. The second-order valence-electron chi connectivity index (χ2n) is 3.59. The zero-order chi connectivity index (χ0) is 11.1. The Hall–Kier alpha value is -0.420. The quantitative estimate of drug-likeness (QED) is 0.663. The predicted molar refractivity (Wildman–Crippen MR) is 65.0 cm³/mol. The summed E-state index contributed by atoms with van der Waals surface area (Å²) in [6.07, 6.45) is 1.81. The van der Waals surface area contributed by atoms with Gasteiger partial charge in [0.2, 0.25) is 0 Å². The standard InChI is InChI=1S/C11H20N2OS/c1-2-9(5-6-14)13-10(8-12)11-4-3-7-15-11/h3-4,7,9-10,13-14H,2,5-6,8,12H2,1H3. The molecule has 86 valence electrons. The van der Waals surface area contributed by atoms with Crippen LogP contribution in [0.5, 0.6) is 0 Å². The summed E-state index contributed by atoms with van der Waals surface area (Å²) in [6, 6.07) is 4.71. The van der Waals surface area contributed by atoms with Crippen LogP contribution < -0.4 is 11.1 Å². The summed E-state index contributed by atoms with van der Waals surface area (Å²) < 4.78 is 0. The molecule has 1 heterocycles. The molecule has 1 aromatic rings. The molecule has 2 atom stereocenters. The molecule has 4 heteroatoms. The van der Waals surface area contributed by atoms with Gasteiger partial charge in [0.25, 0.3) is 0 Å². The first-order valence-electron chi connectivity index (χ1n) is 5.42. The van der Waals surface area contributed by atoms with E-state index in [0.29, 0.717) is 12.6 Å². The molecule has 0 amide bonds. The van der Waals surface area contributed by atoms with Gasteiger partial charge in [0.1, 0.15) is 0 Å². The second-order valence-corrected chi connectivity index (χ2v) is 4.57. The normalized spacial score (nSPS) is 15.1. The lowest BCUT2D eigenvalue weighted by molar-refractivity contribution is 0.256. The van der Waals surface area contributed by atoms with E-state index in [2.05, 4.69) is 23.7 Å². The van der Waals surface area contributed by atoms with Gasteiger partial charge in [-0.1, -0.05) is 13.0 Å². The number of hydrogen-bond donors (Lipinski definition) is 3. The highest BCUT2D eigenvalue weighted by molar-refractivity contribution is 7.10. The van der Waals surface area contributed by atoms with Gasteiger partial charge in [-0.05, 0) is 24.3 Å². The van der Waals surface area contributed by atoms with Crippen LogP contribution in [0.2, 0.25) is 0 Å². The largest absolute Gasteiger partial charge is 0.396 e. The molecular weight excluding hydrogens is 208 g/mol. The number of rotatable bonds is 7. The van der Waals surface area contributed by atoms with E-state index in [1.807, 2.05) is 6.07 Å². The lowest BCUT2D eigenvalue weighted by atomic mass is 10.1. The third kappa shape index (κ3) is 3.91. The minimum Gasteiger partial charge on any atom is -0.396 e. The van der Waals surface area contributed by atoms with Gasteiger partial charge < -0.3 is 16.2 Å².